The Morgan fingerprint density at radius 2 is 1.30 bits per heavy atom. The molecule has 0 unspecified atom stereocenters. The summed E-state index contributed by atoms with van der Waals surface area (Å²) in [5.74, 6) is -2.31. The quantitative estimate of drug-likeness (QED) is 0.582. The Balaban J connectivity index is 0.000000277. The Morgan fingerprint density at radius 3 is 1.67 bits per heavy atom. The number of aliphatic carboxylic acids is 2. The van der Waals surface area contributed by atoms with E-state index in [1.165, 1.54) is 6.92 Å². The van der Waals surface area contributed by atoms with Crippen LogP contribution in [0.5, 0.6) is 0 Å². The fourth-order valence-corrected chi connectivity index (χ4v) is 2.25. The summed E-state index contributed by atoms with van der Waals surface area (Å²) in [5.41, 5.74) is 7.19. The molecule has 0 bridgehead atoms. The van der Waals surface area contributed by atoms with E-state index < -0.39 is 24.0 Å². The number of rotatable bonds is 7. The highest BCUT2D eigenvalue weighted by atomic mass is 16.4. The fourth-order valence-electron chi connectivity index (χ4n) is 2.25. The standard InChI is InChI=1S/C11H13NO3.C9H11NO2/c1-8(13)12-10(11(14)15)7-9-5-3-2-4-6-9;10-8(9(11)12)6-7-4-2-1-3-5-7/h2-6,10H,7H2,1H3,(H,12,13)(H,14,15);1-5,8H,6,10H2,(H,11,12)/t10-;8-/m11/s1. The van der Waals surface area contributed by atoms with Gasteiger partial charge in [-0.2, -0.15) is 0 Å². The average Bonchev–Trinajstić information content (AvgIpc) is 2.63. The first-order valence-electron chi connectivity index (χ1n) is 8.35. The number of nitrogens with two attached hydrogens (primary N) is 1. The van der Waals surface area contributed by atoms with Gasteiger partial charge < -0.3 is 21.3 Å². The third-order valence-electron chi connectivity index (χ3n) is 3.57. The third kappa shape index (κ3) is 9.18. The molecule has 2 atom stereocenters. The summed E-state index contributed by atoms with van der Waals surface area (Å²) >= 11 is 0. The zero-order valence-electron chi connectivity index (χ0n) is 15.0. The maximum atomic E-state index is 10.8. The first kappa shape index (κ1) is 21.9. The highest BCUT2D eigenvalue weighted by Gasteiger charge is 2.18. The second-order valence-electron chi connectivity index (χ2n) is 5.92. The lowest BCUT2D eigenvalue weighted by Crippen LogP contribution is -2.41. The smallest absolute Gasteiger partial charge is 0.326 e. The second-order valence-corrected chi connectivity index (χ2v) is 5.92. The van der Waals surface area contributed by atoms with Crippen LogP contribution in [0.25, 0.3) is 0 Å². The van der Waals surface area contributed by atoms with E-state index in [9.17, 15) is 14.4 Å². The van der Waals surface area contributed by atoms with Crippen molar-refractivity contribution in [1.82, 2.24) is 5.32 Å². The van der Waals surface area contributed by atoms with Gasteiger partial charge in [0, 0.05) is 13.3 Å². The largest absolute Gasteiger partial charge is 0.480 e. The van der Waals surface area contributed by atoms with Crippen molar-refractivity contribution in [3.63, 3.8) is 0 Å². The summed E-state index contributed by atoms with van der Waals surface area (Å²) in [6.45, 7) is 1.31. The number of carboxylic acid groups (broad SMARTS) is 2. The molecule has 2 aromatic carbocycles. The van der Waals surface area contributed by atoms with Gasteiger partial charge in [-0.1, -0.05) is 60.7 Å². The predicted molar refractivity (Wildman–Crippen MR) is 101 cm³/mol. The summed E-state index contributed by atoms with van der Waals surface area (Å²) in [6.07, 6.45) is 0.686. The molecule has 0 spiro atoms. The van der Waals surface area contributed by atoms with Crippen LogP contribution in [0.15, 0.2) is 60.7 Å². The van der Waals surface area contributed by atoms with E-state index in [2.05, 4.69) is 5.32 Å². The monoisotopic (exact) mass is 372 g/mol. The van der Waals surface area contributed by atoms with Crippen molar-refractivity contribution < 1.29 is 24.6 Å². The van der Waals surface area contributed by atoms with Crippen LogP contribution >= 0.6 is 0 Å². The van der Waals surface area contributed by atoms with Crippen molar-refractivity contribution in [2.75, 3.05) is 0 Å². The lowest BCUT2D eigenvalue weighted by molar-refractivity contribution is -0.141. The molecule has 7 nitrogen and oxygen atoms in total. The van der Waals surface area contributed by atoms with Crippen molar-refractivity contribution in [3.05, 3.63) is 71.8 Å². The van der Waals surface area contributed by atoms with Gasteiger partial charge >= 0.3 is 11.9 Å². The van der Waals surface area contributed by atoms with Gasteiger partial charge in [-0.15, -0.1) is 0 Å². The van der Waals surface area contributed by atoms with Gasteiger partial charge in [0.25, 0.3) is 0 Å². The maximum absolute atomic E-state index is 10.8. The van der Waals surface area contributed by atoms with Crippen molar-refractivity contribution >= 4 is 17.8 Å². The third-order valence-corrected chi connectivity index (χ3v) is 3.57. The number of carbonyl (C=O) groups is 3. The van der Waals surface area contributed by atoms with Crippen LogP contribution in [0.3, 0.4) is 0 Å². The second kappa shape index (κ2) is 11.4. The molecule has 0 aliphatic carbocycles. The summed E-state index contributed by atoms with van der Waals surface area (Å²) < 4.78 is 0. The number of hydrogen-bond acceptors (Lipinski definition) is 4. The molecular weight excluding hydrogens is 348 g/mol. The molecule has 0 saturated heterocycles. The first-order chi connectivity index (χ1) is 12.8. The van der Waals surface area contributed by atoms with E-state index in [1.54, 1.807) is 0 Å². The summed E-state index contributed by atoms with van der Waals surface area (Å²) in [5, 5.41) is 19.8. The van der Waals surface area contributed by atoms with Crippen LogP contribution in [0.4, 0.5) is 0 Å². The lowest BCUT2D eigenvalue weighted by atomic mass is 10.1. The minimum Gasteiger partial charge on any atom is -0.480 e. The Hall–Kier alpha value is -3.19. The minimum absolute atomic E-state index is 0.301. The lowest BCUT2D eigenvalue weighted by Gasteiger charge is -2.12. The molecule has 27 heavy (non-hydrogen) atoms. The van der Waals surface area contributed by atoms with Gasteiger partial charge in [-0.3, -0.25) is 9.59 Å². The normalized spacial score (nSPS) is 12.1. The molecule has 0 radical (unpaired) electrons. The van der Waals surface area contributed by atoms with Gasteiger partial charge in [0.2, 0.25) is 5.91 Å². The summed E-state index contributed by atoms with van der Waals surface area (Å²) in [7, 11) is 0. The molecule has 0 aromatic heterocycles. The molecule has 0 saturated carbocycles. The van der Waals surface area contributed by atoms with Crippen LogP contribution in [0, 0.1) is 0 Å². The molecule has 1 amide bonds. The van der Waals surface area contributed by atoms with Crippen molar-refractivity contribution in [2.24, 2.45) is 5.73 Å². The van der Waals surface area contributed by atoms with Gasteiger partial charge in [0.05, 0.1) is 0 Å². The van der Waals surface area contributed by atoms with E-state index in [1.807, 2.05) is 60.7 Å². The number of carboxylic acids is 2. The molecule has 2 rings (SSSR count). The molecule has 144 valence electrons. The molecule has 2 aromatic rings. The van der Waals surface area contributed by atoms with Crippen LogP contribution in [0.2, 0.25) is 0 Å². The van der Waals surface area contributed by atoms with E-state index >= 15 is 0 Å². The van der Waals surface area contributed by atoms with Crippen LogP contribution < -0.4 is 11.1 Å². The predicted octanol–water partition coefficient (Wildman–Crippen LogP) is 1.46. The zero-order valence-corrected chi connectivity index (χ0v) is 15.0. The maximum Gasteiger partial charge on any atom is 0.326 e. The molecule has 0 aliphatic heterocycles. The van der Waals surface area contributed by atoms with Crippen molar-refractivity contribution in [1.29, 1.82) is 0 Å². The Morgan fingerprint density at radius 1 is 0.852 bits per heavy atom. The van der Waals surface area contributed by atoms with E-state index in [-0.39, 0.29) is 5.91 Å². The Bertz CT molecular complexity index is 735. The topological polar surface area (TPSA) is 130 Å². The summed E-state index contributed by atoms with van der Waals surface area (Å²) in [4.78, 5) is 32.0. The first-order valence-corrected chi connectivity index (χ1v) is 8.35. The highest BCUT2D eigenvalue weighted by molar-refractivity contribution is 5.82. The average molecular weight is 372 g/mol. The number of nitrogens with one attached hydrogen (secondary N) is 1. The van der Waals surface area contributed by atoms with Crippen molar-refractivity contribution in [3.8, 4) is 0 Å². The van der Waals surface area contributed by atoms with E-state index in [0.29, 0.717) is 12.8 Å². The highest BCUT2D eigenvalue weighted by Crippen LogP contribution is 2.03. The van der Waals surface area contributed by atoms with Gasteiger partial charge in [-0.05, 0) is 17.5 Å². The Labute approximate surface area is 157 Å². The van der Waals surface area contributed by atoms with Gasteiger partial charge in [-0.25, -0.2) is 4.79 Å². The van der Waals surface area contributed by atoms with Crippen LogP contribution in [-0.4, -0.2) is 40.1 Å². The van der Waals surface area contributed by atoms with Crippen molar-refractivity contribution in [2.45, 2.75) is 31.8 Å². The molecular formula is C20H24N2O5. The van der Waals surface area contributed by atoms with Gasteiger partial charge in [0.1, 0.15) is 12.1 Å². The number of benzene rings is 2. The minimum atomic E-state index is -1.02. The van der Waals surface area contributed by atoms with E-state index in [0.717, 1.165) is 11.1 Å². The molecule has 0 heterocycles. The zero-order chi connectivity index (χ0) is 20.2. The number of hydrogen-bond donors (Lipinski definition) is 4. The van der Waals surface area contributed by atoms with Crippen LogP contribution in [-0.2, 0) is 27.2 Å². The van der Waals surface area contributed by atoms with Crippen LogP contribution in [0.1, 0.15) is 18.1 Å². The molecule has 0 aliphatic rings. The number of carbonyl (C=O) groups excluding carboxylic acids is 1. The summed E-state index contributed by atoms with van der Waals surface area (Å²) in [6, 6.07) is 16.9. The molecule has 0 fully saturated rings. The SMILES string of the molecule is CC(=O)N[C@H](Cc1ccccc1)C(=O)O.N[C@H](Cc1ccccc1)C(=O)O. The number of amides is 1. The Kier molecular flexibility index (Phi) is 9.25. The molecule has 5 N–H and O–H groups in total. The van der Waals surface area contributed by atoms with Gasteiger partial charge in [0.15, 0.2) is 0 Å². The van der Waals surface area contributed by atoms with E-state index in [4.69, 9.17) is 15.9 Å². The molecule has 7 heteroatoms. The fraction of sp³-hybridized carbons (Fsp3) is 0.250.